The summed E-state index contributed by atoms with van der Waals surface area (Å²) in [6.07, 6.45) is 2.08. The van der Waals surface area contributed by atoms with Crippen LogP contribution in [0.15, 0.2) is 56.1 Å². The highest BCUT2D eigenvalue weighted by atomic mass is 32.2. The van der Waals surface area contributed by atoms with E-state index in [1.807, 2.05) is 5.38 Å². The molecular formula is C25H32N4O3S3. The molecule has 0 radical (unpaired) electrons. The molecule has 0 aliphatic rings. The molecule has 10 heteroatoms. The minimum absolute atomic E-state index is 0.228. The van der Waals surface area contributed by atoms with Crippen molar-refractivity contribution in [2.45, 2.75) is 57.5 Å². The van der Waals surface area contributed by atoms with Crippen LogP contribution in [0.4, 0.5) is 0 Å². The molecule has 0 aliphatic carbocycles. The largest absolute Gasteiger partial charge is 0.464 e. The van der Waals surface area contributed by atoms with Gasteiger partial charge in [0.05, 0.1) is 33.1 Å². The molecule has 0 spiro atoms. The van der Waals surface area contributed by atoms with Crippen LogP contribution in [0.25, 0.3) is 11.0 Å². The number of thiazole rings is 2. The lowest BCUT2D eigenvalue weighted by Gasteiger charge is -2.28. The molecule has 188 valence electrons. The zero-order valence-corrected chi connectivity index (χ0v) is 22.9. The molecular weight excluding hydrogens is 501 g/mol. The van der Waals surface area contributed by atoms with Crippen LogP contribution in [0, 0.1) is 5.92 Å². The lowest BCUT2D eigenvalue weighted by molar-refractivity contribution is 0.214. The van der Waals surface area contributed by atoms with E-state index in [1.165, 1.54) is 11.3 Å². The van der Waals surface area contributed by atoms with Crippen molar-refractivity contribution in [2.24, 2.45) is 5.92 Å². The summed E-state index contributed by atoms with van der Waals surface area (Å²) in [5, 5.41) is 5.97. The predicted molar refractivity (Wildman–Crippen MR) is 142 cm³/mol. The summed E-state index contributed by atoms with van der Waals surface area (Å²) in [4.78, 5) is 11.7. The maximum atomic E-state index is 13.4. The Kier molecular flexibility index (Phi) is 8.38. The average Bonchev–Trinajstić information content (AvgIpc) is 3.54. The van der Waals surface area contributed by atoms with Gasteiger partial charge in [0.15, 0.2) is 0 Å². The Morgan fingerprint density at radius 1 is 1.09 bits per heavy atom. The van der Waals surface area contributed by atoms with Crippen molar-refractivity contribution >= 4 is 43.7 Å². The number of benzene rings is 1. The topological polar surface area (TPSA) is 88.3 Å². The first kappa shape index (κ1) is 26.0. The molecule has 1 atom stereocenters. The van der Waals surface area contributed by atoms with E-state index < -0.39 is 10.0 Å². The molecule has 0 unspecified atom stereocenters. The Morgan fingerprint density at radius 3 is 2.60 bits per heavy atom. The highest BCUT2D eigenvalue weighted by Gasteiger charge is 2.25. The monoisotopic (exact) mass is 532 g/mol. The minimum Gasteiger partial charge on any atom is -0.464 e. The quantitative estimate of drug-likeness (QED) is 0.259. The van der Waals surface area contributed by atoms with Crippen LogP contribution in [0.2, 0.25) is 0 Å². The molecule has 0 saturated carbocycles. The lowest BCUT2D eigenvalue weighted by Crippen LogP contribution is -2.45. The number of aromatic nitrogens is 2. The second-order valence-electron chi connectivity index (χ2n) is 9.54. The number of rotatable bonds is 12. The number of hydrogen-bond acceptors (Lipinski definition) is 8. The summed E-state index contributed by atoms with van der Waals surface area (Å²) in [5.41, 5.74) is 4.35. The zero-order valence-electron chi connectivity index (χ0n) is 20.5. The smallest absolute Gasteiger partial charge is 0.240 e. The SMILES string of the molecule is CC(C)CN(Cc1csc(C(C)C)n1)C[C@H](Cc1cscn1)NS(=O)(=O)c1ccc2occc2c1. The van der Waals surface area contributed by atoms with Crippen molar-refractivity contribution in [3.63, 3.8) is 0 Å². The van der Waals surface area contributed by atoms with Crippen LogP contribution in [0.5, 0.6) is 0 Å². The van der Waals surface area contributed by atoms with Crippen LogP contribution >= 0.6 is 22.7 Å². The molecule has 1 aromatic carbocycles. The molecule has 0 amide bonds. The molecule has 0 fully saturated rings. The maximum Gasteiger partial charge on any atom is 0.240 e. The van der Waals surface area contributed by atoms with E-state index in [9.17, 15) is 8.42 Å². The van der Waals surface area contributed by atoms with Crippen LogP contribution < -0.4 is 4.72 Å². The highest BCUT2D eigenvalue weighted by molar-refractivity contribution is 7.89. The molecule has 4 aromatic rings. The second kappa shape index (κ2) is 11.3. The summed E-state index contributed by atoms with van der Waals surface area (Å²) < 4.78 is 35.1. The van der Waals surface area contributed by atoms with Gasteiger partial charge in [0.25, 0.3) is 0 Å². The van der Waals surface area contributed by atoms with E-state index >= 15 is 0 Å². The van der Waals surface area contributed by atoms with E-state index in [4.69, 9.17) is 9.40 Å². The maximum absolute atomic E-state index is 13.4. The van der Waals surface area contributed by atoms with Crippen LogP contribution in [-0.2, 0) is 23.0 Å². The van der Waals surface area contributed by atoms with Crippen molar-refractivity contribution in [1.29, 1.82) is 0 Å². The number of nitrogens with zero attached hydrogens (tertiary/aromatic N) is 3. The molecule has 4 rings (SSSR count). The molecule has 3 aromatic heterocycles. The first-order valence-electron chi connectivity index (χ1n) is 11.7. The first-order valence-corrected chi connectivity index (χ1v) is 15.0. The predicted octanol–water partition coefficient (Wildman–Crippen LogP) is 5.52. The van der Waals surface area contributed by atoms with Gasteiger partial charge >= 0.3 is 0 Å². The molecule has 1 N–H and O–H groups in total. The fourth-order valence-corrected chi connectivity index (χ4v) is 6.71. The van der Waals surface area contributed by atoms with E-state index in [0.29, 0.717) is 36.9 Å². The summed E-state index contributed by atoms with van der Waals surface area (Å²) in [6, 6.07) is 6.35. The van der Waals surface area contributed by atoms with Gasteiger partial charge in [-0.3, -0.25) is 4.90 Å². The third-order valence-corrected chi connectivity index (χ3v) is 8.89. The van der Waals surface area contributed by atoms with Crippen molar-refractivity contribution in [1.82, 2.24) is 19.6 Å². The van der Waals surface area contributed by atoms with E-state index in [1.54, 1.807) is 47.4 Å². The molecule has 35 heavy (non-hydrogen) atoms. The van der Waals surface area contributed by atoms with Crippen molar-refractivity contribution in [3.8, 4) is 0 Å². The summed E-state index contributed by atoms with van der Waals surface area (Å²) in [6.45, 7) is 10.7. The Balaban J connectivity index is 1.56. The fourth-order valence-electron chi connectivity index (χ4n) is 4.05. The van der Waals surface area contributed by atoms with Crippen molar-refractivity contribution in [2.75, 3.05) is 13.1 Å². The lowest BCUT2D eigenvalue weighted by atomic mass is 10.1. The van der Waals surface area contributed by atoms with E-state index in [2.05, 4.69) is 47.7 Å². The van der Waals surface area contributed by atoms with Gasteiger partial charge in [-0.2, -0.15) is 0 Å². The van der Waals surface area contributed by atoms with Crippen molar-refractivity contribution in [3.05, 3.63) is 63.2 Å². The van der Waals surface area contributed by atoms with Gasteiger partial charge in [0.1, 0.15) is 5.58 Å². The molecule has 3 heterocycles. The highest BCUT2D eigenvalue weighted by Crippen LogP contribution is 2.22. The Hall–Kier alpha value is -2.11. The normalized spacial score (nSPS) is 13.5. The number of hydrogen-bond donors (Lipinski definition) is 1. The average molecular weight is 533 g/mol. The zero-order chi connectivity index (χ0) is 25.0. The third-order valence-electron chi connectivity index (χ3n) is 5.55. The minimum atomic E-state index is -3.74. The number of furan rings is 1. The molecule has 7 nitrogen and oxygen atoms in total. The van der Waals surface area contributed by atoms with Gasteiger partial charge in [-0.25, -0.2) is 23.1 Å². The number of nitrogens with one attached hydrogen (secondary N) is 1. The Morgan fingerprint density at radius 2 is 1.91 bits per heavy atom. The van der Waals surface area contributed by atoms with Gasteiger partial charge < -0.3 is 4.42 Å². The van der Waals surface area contributed by atoms with Crippen LogP contribution in [0.1, 0.15) is 50.0 Å². The number of sulfonamides is 1. The fraction of sp³-hybridized carbons (Fsp3) is 0.440. The van der Waals surface area contributed by atoms with Crippen LogP contribution in [-0.4, -0.2) is 42.4 Å². The molecule has 0 bridgehead atoms. The summed E-state index contributed by atoms with van der Waals surface area (Å²) >= 11 is 3.20. The first-order chi connectivity index (χ1) is 16.7. The van der Waals surface area contributed by atoms with Gasteiger partial charge in [0.2, 0.25) is 10.0 Å². The van der Waals surface area contributed by atoms with Gasteiger partial charge in [-0.15, -0.1) is 22.7 Å². The number of fused-ring (bicyclic) bond motifs is 1. The third kappa shape index (κ3) is 6.98. The molecule has 0 aliphatic heterocycles. The van der Waals surface area contributed by atoms with E-state index in [-0.39, 0.29) is 10.9 Å². The van der Waals surface area contributed by atoms with Gasteiger partial charge in [0, 0.05) is 54.2 Å². The van der Waals surface area contributed by atoms with E-state index in [0.717, 1.165) is 28.3 Å². The standard InChI is InChI=1S/C25H32N4O3S3/c1-17(2)11-29(13-22-15-34-25(27-22)18(3)4)12-20(10-21-14-33-16-26-21)28-35(30,31)23-5-6-24-19(9-23)7-8-32-24/h5-9,14-18,20,28H,10-13H2,1-4H3/t20-/m0/s1. The summed E-state index contributed by atoms with van der Waals surface area (Å²) in [5.74, 6) is 0.822. The Bertz CT molecular complexity index is 1330. The Labute approximate surface area is 215 Å². The molecule has 0 saturated heterocycles. The van der Waals surface area contributed by atoms with Crippen molar-refractivity contribution < 1.29 is 12.8 Å². The van der Waals surface area contributed by atoms with Gasteiger partial charge in [-0.05, 0) is 30.2 Å². The second-order valence-corrected chi connectivity index (χ2v) is 12.9. The van der Waals surface area contributed by atoms with Gasteiger partial charge in [-0.1, -0.05) is 27.7 Å². The van der Waals surface area contributed by atoms with Crippen LogP contribution in [0.3, 0.4) is 0 Å². The summed E-state index contributed by atoms with van der Waals surface area (Å²) in [7, 11) is -3.74.